The predicted molar refractivity (Wildman–Crippen MR) is 101 cm³/mol. The molecule has 0 aromatic heterocycles. The number of nitrogens with zero attached hydrogens (tertiary/aromatic N) is 1. The van der Waals surface area contributed by atoms with Crippen LogP contribution in [-0.4, -0.2) is 43.0 Å². The summed E-state index contributed by atoms with van der Waals surface area (Å²) in [5.41, 5.74) is 1.000. The van der Waals surface area contributed by atoms with Crippen molar-refractivity contribution in [3.63, 3.8) is 0 Å². The van der Waals surface area contributed by atoms with Gasteiger partial charge >= 0.3 is 0 Å². The summed E-state index contributed by atoms with van der Waals surface area (Å²) in [7, 11) is 0. The zero-order valence-corrected chi connectivity index (χ0v) is 16.2. The van der Waals surface area contributed by atoms with Gasteiger partial charge in [-0.05, 0) is 48.9 Å². The number of halogens is 1. The van der Waals surface area contributed by atoms with Gasteiger partial charge < -0.3 is 15.0 Å². The van der Waals surface area contributed by atoms with Gasteiger partial charge in [0.2, 0.25) is 11.8 Å². The Hall–Kier alpha value is -1.75. The molecule has 1 aromatic rings. The van der Waals surface area contributed by atoms with Crippen LogP contribution >= 0.6 is 11.6 Å². The maximum absolute atomic E-state index is 13.0. The van der Waals surface area contributed by atoms with E-state index < -0.39 is 0 Å². The summed E-state index contributed by atoms with van der Waals surface area (Å²) >= 11 is 6.07. The molecule has 1 fully saturated rings. The quantitative estimate of drug-likeness (QED) is 0.876. The van der Waals surface area contributed by atoms with Crippen LogP contribution in [0, 0.1) is 17.8 Å². The molecule has 2 atom stereocenters. The molecule has 6 heteroatoms. The highest BCUT2D eigenvalue weighted by atomic mass is 35.5. The lowest BCUT2D eigenvalue weighted by atomic mass is 9.92. The fourth-order valence-corrected chi connectivity index (χ4v) is 3.86. The molecule has 2 amide bonds. The summed E-state index contributed by atoms with van der Waals surface area (Å²) in [6.45, 7) is 6.32. The van der Waals surface area contributed by atoms with Crippen molar-refractivity contribution in [1.29, 1.82) is 0 Å². The smallest absolute Gasteiger partial charge is 0.229 e. The number of ether oxygens (including phenoxy) is 1. The van der Waals surface area contributed by atoms with Gasteiger partial charge in [-0.25, -0.2) is 0 Å². The summed E-state index contributed by atoms with van der Waals surface area (Å²) in [4.78, 5) is 26.7. The van der Waals surface area contributed by atoms with Crippen LogP contribution in [-0.2, 0) is 16.0 Å². The Morgan fingerprint density at radius 2 is 2.19 bits per heavy atom. The molecule has 2 aliphatic heterocycles. The van der Waals surface area contributed by atoms with E-state index in [4.69, 9.17) is 16.3 Å². The highest BCUT2D eigenvalue weighted by Gasteiger charge is 2.32. The van der Waals surface area contributed by atoms with Gasteiger partial charge in [0.1, 0.15) is 12.4 Å². The molecule has 0 unspecified atom stereocenters. The summed E-state index contributed by atoms with van der Waals surface area (Å²) in [5.74, 6) is 1.19. The van der Waals surface area contributed by atoms with E-state index in [1.165, 1.54) is 0 Å². The molecule has 2 aliphatic rings. The average molecular weight is 379 g/mol. The zero-order valence-electron chi connectivity index (χ0n) is 15.5. The number of amides is 2. The third-order valence-corrected chi connectivity index (χ3v) is 5.43. The third kappa shape index (κ3) is 4.50. The SMILES string of the molecule is CC(C)C(=O)NC[C@H]1CCCN(C(=O)[C@@H]2COc3ccc(Cl)cc3C2)C1. The first kappa shape index (κ1) is 19.0. The van der Waals surface area contributed by atoms with Crippen LogP contribution < -0.4 is 10.1 Å². The molecule has 1 saturated heterocycles. The number of fused-ring (bicyclic) bond motifs is 1. The number of hydrogen-bond acceptors (Lipinski definition) is 3. The van der Waals surface area contributed by atoms with Crippen LogP contribution in [0.25, 0.3) is 0 Å². The Kier molecular flexibility index (Phi) is 6.07. The average Bonchev–Trinajstić information content (AvgIpc) is 2.65. The number of hydrogen-bond donors (Lipinski definition) is 1. The monoisotopic (exact) mass is 378 g/mol. The van der Waals surface area contributed by atoms with E-state index in [1.54, 1.807) is 0 Å². The molecule has 0 radical (unpaired) electrons. The molecule has 0 bridgehead atoms. The molecule has 0 spiro atoms. The van der Waals surface area contributed by atoms with E-state index in [9.17, 15) is 9.59 Å². The first-order valence-electron chi connectivity index (χ1n) is 9.41. The summed E-state index contributed by atoms with van der Waals surface area (Å²) in [6, 6.07) is 5.56. The van der Waals surface area contributed by atoms with E-state index in [1.807, 2.05) is 36.9 Å². The van der Waals surface area contributed by atoms with E-state index in [0.29, 0.717) is 37.1 Å². The van der Waals surface area contributed by atoms with Crippen molar-refractivity contribution in [1.82, 2.24) is 10.2 Å². The molecule has 1 aromatic carbocycles. The van der Waals surface area contributed by atoms with Crippen molar-refractivity contribution in [2.45, 2.75) is 33.1 Å². The second-order valence-electron chi connectivity index (χ2n) is 7.66. The van der Waals surface area contributed by atoms with E-state index >= 15 is 0 Å². The van der Waals surface area contributed by atoms with E-state index in [2.05, 4.69) is 5.32 Å². The van der Waals surface area contributed by atoms with Crippen LogP contribution in [0.1, 0.15) is 32.3 Å². The number of nitrogens with one attached hydrogen (secondary N) is 1. The Bertz CT molecular complexity index is 677. The minimum absolute atomic E-state index is 0.0115. The second kappa shape index (κ2) is 8.30. The van der Waals surface area contributed by atoms with Crippen LogP contribution in [0.3, 0.4) is 0 Å². The minimum atomic E-state index is -0.162. The maximum atomic E-state index is 13.0. The molecule has 3 rings (SSSR count). The summed E-state index contributed by atoms with van der Waals surface area (Å²) in [5, 5.41) is 3.66. The van der Waals surface area contributed by atoms with Crippen molar-refractivity contribution >= 4 is 23.4 Å². The largest absolute Gasteiger partial charge is 0.492 e. The molecule has 1 N–H and O–H groups in total. The van der Waals surface area contributed by atoms with Gasteiger partial charge in [-0.15, -0.1) is 0 Å². The van der Waals surface area contributed by atoms with E-state index in [0.717, 1.165) is 30.7 Å². The van der Waals surface area contributed by atoms with Crippen molar-refractivity contribution < 1.29 is 14.3 Å². The molecule has 0 saturated carbocycles. The Labute approximate surface area is 160 Å². The minimum Gasteiger partial charge on any atom is -0.492 e. The molecule has 142 valence electrons. The van der Waals surface area contributed by atoms with Crippen molar-refractivity contribution in [2.24, 2.45) is 17.8 Å². The van der Waals surface area contributed by atoms with Crippen molar-refractivity contribution in [3.8, 4) is 5.75 Å². The standard InChI is InChI=1S/C20H27ClN2O3/c1-13(2)19(24)22-10-14-4-3-7-23(11-14)20(25)16-8-15-9-17(21)5-6-18(15)26-12-16/h5-6,9,13-14,16H,3-4,7-8,10-12H2,1-2H3,(H,22,24)/t14-,16+/m1/s1. The fraction of sp³-hybridized carbons (Fsp3) is 0.600. The first-order chi connectivity index (χ1) is 12.4. The normalized spacial score (nSPS) is 22.5. The first-order valence-corrected chi connectivity index (χ1v) is 9.79. The second-order valence-corrected chi connectivity index (χ2v) is 8.09. The van der Waals surface area contributed by atoms with Gasteiger partial charge in [0.25, 0.3) is 0 Å². The van der Waals surface area contributed by atoms with Crippen LogP contribution in [0.15, 0.2) is 18.2 Å². The number of rotatable bonds is 4. The van der Waals surface area contributed by atoms with Gasteiger partial charge in [-0.3, -0.25) is 9.59 Å². The topological polar surface area (TPSA) is 58.6 Å². The number of carbonyl (C=O) groups is 2. The lowest BCUT2D eigenvalue weighted by molar-refractivity contribution is -0.138. The van der Waals surface area contributed by atoms with Gasteiger partial charge in [-0.2, -0.15) is 0 Å². The molecule has 2 heterocycles. The Morgan fingerprint density at radius 1 is 1.38 bits per heavy atom. The lowest BCUT2D eigenvalue weighted by Crippen LogP contribution is -2.48. The van der Waals surface area contributed by atoms with E-state index in [-0.39, 0.29) is 23.7 Å². The highest BCUT2D eigenvalue weighted by Crippen LogP contribution is 2.31. The van der Waals surface area contributed by atoms with Crippen LogP contribution in [0.2, 0.25) is 5.02 Å². The van der Waals surface area contributed by atoms with Crippen molar-refractivity contribution in [2.75, 3.05) is 26.2 Å². The molecule has 26 heavy (non-hydrogen) atoms. The number of carbonyl (C=O) groups excluding carboxylic acids is 2. The fourth-order valence-electron chi connectivity index (χ4n) is 3.66. The molecule has 0 aliphatic carbocycles. The predicted octanol–water partition coefficient (Wildman–Crippen LogP) is 2.90. The van der Waals surface area contributed by atoms with Crippen LogP contribution in [0.4, 0.5) is 0 Å². The van der Waals surface area contributed by atoms with Crippen molar-refractivity contribution in [3.05, 3.63) is 28.8 Å². The number of benzene rings is 1. The summed E-state index contributed by atoms with van der Waals surface area (Å²) in [6.07, 6.45) is 2.69. The zero-order chi connectivity index (χ0) is 18.7. The third-order valence-electron chi connectivity index (χ3n) is 5.20. The highest BCUT2D eigenvalue weighted by molar-refractivity contribution is 6.30. The molecule has 5 nitrogen and oxygen atoms in total. The Morgan fingerprint density at radius 3 is 2.96 bits per heavy atom. The lowest BCUT2D eigenvalue weighted by Gasteiger charge is -2.36. The van der Waals surface area contributed by atoms with Gasteiger partial charge in [-0.1, -0.05) is 25.4 Å². The number of piperidine rings is 1. The maximum Gasteiger partial charge on any atom is 0.229 e. The number of likely N-dealkylation sites (tertiary alicyclic amines) is 1. The molecular weight excluding hydrogens is 352 g/mol. The Balaban J connectivity index is 1.57. The van der Waals surface area contributed by atoms with Gasteiger partial charge in [0.05, 0.1) is 5.92 Å². The van der Waals surface area contributed by atoms with Crippen LogP contribution in [0.5, 0.6) is 5.75 Å². The molecular formula is C20H27ClN2O3. The van der Waals surface area contributed by atoms with Gasteiger partial charge in [0.15, 0.2) is 0 Å². The van der Waals surface area contributed by atoms with Gasteiger partial charge in [0, 0.05) is 30.6 Å². The summed E-state index contributed by atoms with van der Waals surface area (Å²) < 4.78 is 5.77.